The number of unbranched alkanes of at least 4 members (excludes halogenated alkanes) is 1. The molecule has 12 atom stereocenters. The molecule has 490 valence electrons. The molecule has 31 heteroatoms. The second-order valence-electron chi connectivity index (χ2n) is 22.6. The molecule has 11 amide bonds. The Morgan fingerprint density at radius 3 is 1.78 bits per heavy atom. The molecule has 1 saturated heterocycles. The van der Waals surface area contributed by atoms with Crippen molar-refractivity contribution in [2.24, 2.45) is 35.0 Å². The van der Waals surface area contributed by atoms with Crippen LogP contribution in [0, 0.1) is 17.8 Å². The van der Waals surface area contributed by atoms with E-state index in [2.05, 4.69) is 57.8 Å². The number of aliphatic hydroxyl groups is 1. The average molecular weight is 1260 g/mol. The summed E-state index contributed by atoms with van der Waals surface area (Å²) < 4.78 is 0. The van der Waals surface area contributed by atoms with Gasteiger partial charge in [-0.3, -0.25) is 52.7 Å². The summed E-state index contributed by atoms with van der Waals surface area (Å²) in [7, 11) is 0. The number of likely N-dealkylation sites (tertiary alicyclic amines) is 1. The maximum Gasteiger partial charge on any atom is 0.326 e. The normalized spacial score (nSPS) is 16.8. The Hall–Kier alpha value is -7.90. The number of nitrogens with zero attached hydrogens (tertiary/aromatic N) is 2. The van der Waals surface area contributed by atoms with Crippen molar-refractivity contribution in [3.8, 4) is 5.75 Å². The van der Waals surface area contributed by atoms with E-state index in [0.29, 0.717) is 36.3 Å². The number of nitrogens with two attached hydrogens (primary N) is 3. The fourth-order valence-corrected chi connectivity index (χ4v) is 9.90. The van der Waals surface area contributed by atoms with Gasteiger partial charge in [0.2, 0.25) is 65.0 Å². The van der Waals surface area contributed by atoms with Gasteiger partial charge in [0.25, 0.3) is 0 Å². The van der Waals surface area contributed by atoms with Crippen LogP contribution in [0.15, 0.2) is 36.8 Å². The summed E-state index contributed by atoms with van der Waals surface area (Å²) in [6, 6.07) is -9.08. The number of phenols is 1. The van der Waals surface area contributed by atoms with Gasteiger partial charge in [0.05, 0.1) is 25.4 Å². The summed E-state index contributed by atoms with van der Waals surface area (Å²) in [6.07, 6.45) is 5.55. The third-order valence-electron chi connectivity index (χ3n) is 14.9. The van der Waals surface area contributed by atoms with Crippen molar-refractivity contribution < 1.29 is 72.9 Å². The van der Waals surface area contributed by atoms with Gasteiger partial charge in [0.15, 0.2) is 0 Å². The van der Waals surface area contributed by atoms with E-state index in [4.69, 9.17) is 17.2 Å². The van der Waals surface area contributed by atoms with Crippen LogP contribution in [0.4, 0.5) is 0 Å². The van der Waals surface area contributed by atoms with Crippen LogP contribution in [0.2, 0.25) is 0 Å². The Morgan fingerprint density at radius 2 is 1.23 bits per heavy atom. The second kappa shape index (κ2) is 37.1. The fourth-order valence-electron chi connectivity index (χ4n) is 9.43. The Labute approximate surface area is 516 Å². The molecule has 19 N–H and O–H groups in total. The molecule has 30 nitrogen and oxygen atoms in total. The number of hydrogen-bond donors (Lipinski definition) is 16. The van der Waals surface area contributed by atoms with Crippen molar-refractivity contribution in [2.45, 2.75) is 179 Å². The van der Waals surface area contributed by atoms with E-state index >= 15 is 0 Å². The molecule has 0 bridgehead atoms. The Morgan fingerprint density at radius 1 is 0.682 bits per heavy atom. The molecule has 2 heterocycles. The van der Waals surface area contributed by atoms with Crippen molar-refractivity contribution in [1.82, 2.24) is 62.7 Å². The van der Waals surface area contributed by atoms with Crippen LogP contribution in [0.1, 0.15) is 111 Å². The van der Waals surface area contributed by atoms with Gasteiger partial charge in [-0.15, -0.1) is 0 Å². The topological polar surface area (TPSA) is 484 Å². The van der Waals surface area contributed by atoms with Gasteiger partial charge in [-0.2, -0.15) is 11.8 Å². The summed E-state index contributed by atoms with van der Waals surface area (Å²) in [5.41, 5.74) is 18.1. The maximum absolute atomic E-state index is 14.7. The lowest BCUT2D eigenvalue weighted by Crippen LogP contribution is -2.62. The summed E-state index contributed by atoms with van der Waals surface area (Å²) in [5.74, 6) is -12.0. The number of thioether (sulfide) groups is 1. The minimum absolute atomic E-state index is 0.0155. The maximum atomic E-state index is 14.7. The number of aromatic nitrogens is 2. The predicted molar refractivity (Wildman–Crippen MR) is 323 cm³/mol. The standard InChI is InChI=1S/C57H91N15O15S/c1-9-31(6)46(57(86)87)71-50(79)38(19-22-88-8)64-53(82)42-14-12-21-72(42)56(85)40(23-33-15-17-35(74)18-16-33)67-52(81)41(27-73)68-49(78)37(13-10-11-20-58)65-54(83)44(29(2)3)70-55(84)45(30(4)5)69-47(76)32(7)63-51(80)39(25-43(60)75)66-48(77)36(59)24-34-26-61-28-62-34/h15-18,26,28-32,36-42,44-46,73-74H,9-14,19-25,27,58-59H2,1-8H3,(H2,60,75)(H,61,62)(H,63,80)(H,64,82)(H,65,83)(H,66,77)(H,67,81)(H,68,78)(H,69,76)(H,70,84)(H,71,79)(H,86,87)/t31-,32-,36-,37-,38-,39-,40-,41-,42-,44-,45-,46-/m0/s1. The predicted octanol–water partition coefficient (Wildman–Crippen LogP) is -3.21. The monoisotopic (exact) mass is 1260 g/mol. The highest BCUT2D eigenvalue weighted by Gasteiger charge is 2.41. The highest BCUT2D eigenvalue weighted by atomic mass is 32.2. The number of carboxylic acids is 1. The second-order valence-corrected chi connectivity index (χ2v) is 23.6. The minimum atomic E-state index is -1.73. The van der Waals surface area contributed by atoms with Gasteiger partial charge in [-0.05, 0) is 99.5 Å². The Bertz CT molecular complexity index is 2680. The molecule has 0 saturated carbocycles. The summed E-state index contributed by atoms with van der Waals surface area (Å²) in [6.45, 7) is 10.4. The van der Waals surface area contributed by atoms with Gasteiger partial charge in [-0.25, -0.2) is 9.78 Å². The van der Waals surface area contributed by atoms with Crippen molar-refractivity contribution >= 4 is 82.7 Å². The number of primary amides is 1. The molecular weight excluding hydrogens is 1170 g/mol. The average Bonchev–Trinajstić information content (AvgIpc) is 4.21. The zero-order valence-electron chi connectivity index (χ0n) is 51.2. The fraction of sp³-hybridized carbons (Fsp3) is 0.632. The smallest absolute Gasteiger partial charge is 0.326 e. The number of phenolic OH excluding ortho intramolecular Hbond substituents is 1. The van der Waals surface area contributed by atoms with Gasteiger partial charge < -0.3 is 90.3 Å². The number of H-pyrrole nitrogens is 1. The zero-order valence-corrected chi connectivity index (χ0v) is 52.0. The van der Waals surface area contributed by atoms with E-state index in [1.54, 1.807) is 47.8 Å². The highest BCUT2D eigenvalue weighted by Crippen LogP contribution is 2.22. The van der Waals surface area contributed by atoms with Crippen LogP contribution in [0.5, 0.6) is 5.75 Å². The van der Waals surface area contributed by atoms with Gasteiger partial charge in [0, 0.05) is 31.3 Å². The summed E-state index contributed by atoms with van der Waals surface area (Å²) in [4.78, 5) is 171. The van der Waals surface area contributed by atoms with Crippen LogP contribution in [0.3, 0.4) is 0 Å². The number of aliphatic carboxylic acids is 1. The van der Waals surface area contributed by atoms with E-state index in [0.717, 1.165) is 0 Å². The number of benzene rings is 1. The number of aromatic hydroxyl groups is 1. The Kier molecular flexibility index (Phi) is 31.3. The molecule has 1 aliphatic rings. The number of rotatable bonds is 38. The van der Waals surface area contributed by atoms with Gasteiger partial charge >= 0.3 is 5.97 Å². The van der Waals surface area contributed by atoms with E-state index < -0.39 is 168 Å². The lowest BCUT2D eigenvalue weighted by atomic mass is 9.98. The zero-order chi connectivity index (χ0) is 65.9. The largest absolute Gasteiger partial charge is 0.508 e. The van der Waals surface area contributed by atoms with Gasteiger partial charge in [0.1, 0.15) is 66.2 Å². The number of amides is 11. The van der Waals surface area contributed by atoms with Gasteiger partial charge in [-0.1, -0.05) is 60.1 Å². The molecule has 88 heavy (non-hydrogen) atoms. The van der Waals surface area contributed by atoms with Crippen molar-refractivity contribution in [3.05, 3.63) is 48.0 Å². The molecule has 1 aromatic heterocycles. The van der Waals surface area contributed by atoms with Crippen LogP contribution >= 0.6 is 11.8 Å². The summed E-state index contributed by atoms with van der Waals surface area (Å²) in [5, 5.41) is 53.4. The number of nitrogens with one attached hydrogen (secondary N) is 10. The molecule has 1 fully saturated rings. The van der Waals surface area contributed by atoms with E-state index in [1.165, 1.54) is 60.4 Å². The first-order valence-corrected chi connectivity index (χ1v) is 30.8. The first-order chi connectivity index (χ1) is 41.6. The first kappa shape index (κ1) is 74.4. The number of carboxylic acid groups (broad SMARTS) is 1. The van der Waals surface area contributed by atoms with E-state index in [9.17, 15) is 72.9 Å². The third-order valence-corrected chi connectivity index (χ3v) is 15.5. The molecule has 0 aliphatic carbocycles. The minimum Gasteiger partial charge on any atom is -0.508 e. The third kappa shape index (κ3) is 23.7. The SMILES string of the molecule is CC[C@H](C)[C@H](NC(=O)[C@H](CCSC)NC(=O)[C@@H]1CCCN1C(=O)[C@H](Cc1ccc(O)cc1)NC(=O)[C@H](CO)NC(=O)[C@H](CCCCN)NC(=O)[C@@H](NC(=O)[C@@H](NC(=O)[C@H](C)NC(=O)[C@H](CC(N)=O)NC(=O)[C@@H](N)Cc1cnc[nH]1)C(C)C)C(C)C)C(=O)O. The highest BCUT2D eigenvalue weighted by molar-refractivity contribution is 7.98. The van der Waals surface area contributed by atoms with Crippen molar-refractivity contribution in [3.63, 3.8) is 0 Å². The molecular formula is C57H91N15O15S. The molecule has 0 radical (unpaired) electrons. The quantitative estimate of drug-likeness (QED) is 0.0294. The lowest BCUT2D eigenvalue weighted by Gasteiger charge is -2.31. The number of hydrogen-bond acceptors (Lipinski definition) is 18. The molecule has 2 aromatic rings. The molecule has 1 aliphatic heterocycles. The number of aromatic amines is 1. The number of aliphatic hydroxyl groups excluding tert-OH is 1. The first-order valence-electron chi connectivity index (χ1n) is 29.4. The van der Waals surface area contributed by atoms with Crippen LogP contribution in [-0.4, -0.2) is 199 Å². The Balaban J connectivity index is 1.81. The van der Waals surface area contributed by atoms with Crippen molar-refractivity contribution in [2.75, 3.05) is 31.7 Å². The van der Waals surface area contributed by atoms with E-state index in [-0.39, 0.29) is 57.4 Å². The summed E-state index contributed by atoms with van der Waals surface area (Å²) >= 11 is 1.40. The molecule has 0 unspecified atom stereocenters. The van der Waals surface area contributed by atoms with Crippen LogP contribution in [0.25, 0.3) is 0 Å². The molecule has 3 rings (SSSR count). The number of carbonyl (C=O) groups excluding carboxylic acids is 11. The lowest BCUT2D eigenvalue weighted by molar-refractivity contribution is -0.144. The molecule has 1 aromatic carbocycles. The number of imidazole rings is 1. The van der Waals surface area contributed by atoms with Crippen molar-refractivity contribution in [1.29, 1.82) is 0 Å². The van der Waals surface area contributed by atoms with Crippen LogP contribution in [-0.2, 0) is 70.4 Å². The van der Waals surface area contributed by atoms with E-state index in [1.807, 2.05) is 0 Å². The number of carbonyl (C=O) groups is 12. The van der Waals surface area contributed by atoms with Crippen LogP contribution < -0.4 is 65.1 Å². The molecule has 0 spiro atoms.